The smallest absolute Gasteiger partial charge is 0.120 e. The lowest BCUT2D eigenvalue weighted by Crippen LogP contribution is -2.22. The molecule has 16 heavy (non-hydrogen) atoms. The van der Waals surface area contributed by atoms with Gasteiger partial charge in [-0.15, -0.1) is 0 Å². The molecule has 1 heterocycles. The summed E-state index contributed by atoms with van der Waals surface area (Å²) in [5.41, 5.74) is 9.05. The molecule has 1 aromatic carbocycles. The topological polar surface area (TPSA) is 39.2 Å². The van der Waals surface area contributed by atoms with E-state index in [4.69, 9.17) is 10.2 Å². The highest BCUT2D eigenvalue weighted by molar-refractivity contribution is 5.40. The van der Waals surface area contributed by atoms with Gasteiger partial charge in [0.25, 0.3) is 0 Å². The molecule has 0 amide bonds. The Kier molecular flexibility index (Phi) is 2.29. The molecule has 1 aromatic heterocycles. The van der Waals surface area contributed by atoms with Gasteiger partial charge in [0, 0.05) is 0 Å². The van der Waals surface area contributed by atoms with Crippen LogP contribution in [0, 0.1) is 0 Å². The zero-order valence-electron chi connectivity index (χ0n) is 9.10. The van der Waals surface area contributed by atoms with Crippen LogP contribution in [-0.4, -0.2) is 0 Å². The van der Waals surface area contributed by atoms with Crippen LogP contribution < -0.4 is 5.73 Å². The van der Waals surface area contributed by atoms with Gasteiger partial charge in [0.1, 0.15) is 5.76 Å². The van der Waals surface area contributed by atoms with Crippen molar-refractivity contribution in [2.24, 2.45) is 5.73 Å². The van der Waals surface area contributed by atoms with E-state index in [1.807, 2.05) is 12.1 Å². The summed E-state index contributed by atoms with van der Waals surface area (Å²) in [4.78, 5) is 0. The number of hydrogen-bond donors (Lipinski definition) is 1. The summed E-state index contributed by atoms with van der Waals surface area (Å²) in [6, 6.07) is 12.5. The highest BCUT2D eigenvalue weighted by Crippen LogP contribution is 2.40. The quantitative estimate of drug-likeness (QED) is 0.851. The van der Waals surface area contributed by atoms with Crippen molar-refractivity contribution in [1.29, 1.82) is 0 Å². The second kappa shape index (κ2) is 3.80. The third kappa shape index (κ3) is 1.55. The van der Waals surface area contributed by atoms with E-state index >= 15 is 0 Å². The van der Waals surface area contributed by atoms with Gasteiger partial charge in [0.15, 0.2) is 0 Å². The van der Waals surface area contributed by atoms with Crippen LogP contribution >= 0.6 is 0 Å². The first-order valence-electron chi connectivity index (χ1n) is 5.71. The molecule has 1 aliphatic carbocycles. The van der Waals surface area contributed by atoms with Crippen molar-refractivity contribution in [2.75, 3.05) is 0 Å². The molecule has 2 unspecified atom stereocenters. The van der Waals surface area contributed by atoms with Crippen LogP contribution in [-0.2, 0) is 6.42 Å². The molecule has 0 radical (unpaired) electrons. The van der Waals surface area contributed by atoms with E-state index in [1.165, 1.54) is 11.1 Å². The number of fused-ring (bicyclic) bond motifs is 1. The van der Waals surface area contributed by atoms with Crippen LogP contribution in [0.4, 0.5) is 0 Å². The van der Waals surface area contributed by atoms with Gasteiger partial charge in [-0.25, -0.2) is 0 Å². The first-order chi connectivity index (χ1) is 7.84. The minimum atomic E-state index is 0.0216. The normalized spacial score (nSPS) is 19.9. The van der Waals surface area contributed by atoms with Crippen LogP contribution in [0.2, 0.25) is 0 Å². The van der Waals surface area contributed by atoms with Gasteiger partial charge in [0.05, 0.1) is 12.3 Å². The Bertz CT molecular complexity index is 475. The largest absolute Gasteiger partial charge is 0.468 e. The number of hydrogen-bond acceptors (Lipinski definition) is 2. The van der Waals surface area contributed by atoms with Gasteiger partial charge in [0.2, 0.25) is 0 Å². The highest BCUT2D eigenvalue weighted by atomic mass is 16.3. The van der Waals surface area contributed by atoms with Gasteiger partial charge in [-0.1, -0.05) is 24.3 Å². The molecule has 0 saturated heterocycles. The Morgan fingerprint density at radius 2 is 2.12 bits per heavy atom. The standard InChI is InChI=1S/C14H15NO/c15-13(14-6-3-7-16-14)9-11-8-10-4-1-2-5-12(10)11/h1-7,11,13H,8-9,15H2. The Morgan fingerprint density at radius 1 is 1.25 bits per heavy atom. The molecule has 1 aliphatic rings. The van der Waals surface area contributed by atoms with Crippen molar-refractivity contribution in [3.63, 3.8) is 0 Å². The molecule has 0 bridgehead atoms. The first kappa shape index (κ1) is 9.67. The average molecular weight is 213 g/mol. The summed E-state index contributed by atoms with van der Waals surface area (Å²) < 4.78 is 5.33. The van der Waals surface area contributed by atoms with Crippen molar-refractivity contribution >= 4 is 0 Å². The van der Waals surface area contributed by atoms with E-state index in [-0.39, 0.29) is 6.04 Å². The number of benzene rings is 1. The molecule has 2 nitrogen and oxygen atoms in total. The Morgan fingerprint density at radius 3 is 2.88 bits per heavy atom. The monoisotopic (exact) mass is 213 g/mol. The molecule has 0 spiro atoms. The predicted molar refractivity (Wildman–Crippen MR) is 63.1 cm³/mol. The van der Waals surface area contributed by atoms with Crippen molar-refractivity contribution in [3.8, 4) is 0 Å². The van der Waals surface area contributed by atoms with Crippen molar-refractivity contribution in [3.05, 3.63) is 59.5 Å². The molecule has 0 aliphatic heterocycles. The number of furan rings is 1. The summed E-state index contributed by atoms with van der Waals surface area (Å²) in [6.07, 6.45) is 3.82. The fourth-order valence-corrected chi connectivity index (χ4v) is 2.50. The Labute approximate surface area is 95.1 Å². The first-order valence-corrected chi connectivity index (χ1v) is 5.71. The maximum Gasteiger partial charge on any atom is 0.120 e. The maximum absolute atomic E-state index is 6.11. The fraction of sp³-hybridized carbons (Fsp3) is 0.286. The van der Waals surface area contributed by atoms with Crippen molar-refractivity contribution < 1.29 is 4.42 Å². The van der Waals surface area contributed by atoms with Crippen LogP contribution in [0.1, 0.15) is 35.3 Å². The minimum Gasteiger partial charge on any atom is -0.468 e. The lowest BCUT2D eigenvalue weighted by molar-refractivity contribution is 0.415. The molecule has 0 saturated carbocycles. The molecular formula is C14H15NO. The average Bonchev–Trinajstić information content (AvgIpc) is 2.79. The van der Waals surface area contributed by atoms with E-state index in [9.17, 15) is 0 Å². The van der Waals surface area contributed by atoms with Gasteiger partial charge < -0.3 is 10.2 Å². The summed E-state index contributed by atoms with van der Waals surface area (Å²) in [6.45, 7) is 0. The molecule has 2 heteroatoms. The maximum atomic E-state index is 6.11. The summed E-state index contributed by atoms with van der Waals surface area (Å²) in [7, 11) is 0. The Hall–Kier alpha value is -1.54. The lowest BCUT2D eigenvalue weighted by atomic mass is 9.74. The molecule has 0 fully saturated rings. The lowest BCUT2D eigenvalue weighted by Gasteiger charge is -2.31. The van der Waals surface area contributed by atoms with E-state index < -0.39 is 0 Å². The highest BCUT2D eigenvalue weighted by Gasteiger charge is 2.27. The predicted octanol–water partition coefficient (Wildman–Crippen LogP) is 3.01. The third-order valence-corrected chi connectivity index (χ3v) is 3.41. The van der Waals surface area contributed by atoms with Crippen LogP contribution in [0.15, 0.2) is 47.1 Å². The Balaban J connectivity index is 1.70. The number of nitrogens with two attached hydrogens (primary N) is 1. The van der Waals surface area contributed by atoms with E-state index in [2.05, 4.69) is 24.3 Å². The molecular weight excluding hydrogens is 198 g/mol. The van der Waals surface area contributed by atoms with Crippen LogP contribution in [0.3, 0.4) is 0 Å². The zero-order valence-corrected chi connectivity index (χ0v) is 9.10. The molecule has 2 atom stereocenters. The second-order valence-corrected chi connectivity index (χ2v) is 4.46. The van der Waals surface area contributed by atoms with Crippen molar-refractivity contribution in [1.82, 2.24) is 0 Å². The van der Waals surface area contributed by atoms with Gasteiger partial charge in [-0.05, 0) is 42.0 Å². The zero-order chi connectivity index (χ0) is 11.0. The summed E-state index contributed by atoms with van der Waals surface area (Å²) >= 11 is 0. The van der Waals surface area contributed by atoms with Crippen LogP contribution in [0.25, 0.3) is 0 Å². The fourth-order valence-electron chi connectivity index (χ4n) is 2.50. The molecule has 2 aromatic rings. The SMILES string of the molecule is NC(CC1Cc2ccccc21)c1ccco1. The van der Waals surface area contributed by atoms with Gasteiger partial charge >= 0.3 is 0 Å². The van der Waals surface area contributed by atoms with Gasteiger partial charge in [-0.3, -0.25) is 0 Å². The minimum absolute atomic E-state index is 0.0216. The molecule has 82 valence electrons. The van der Waals surface area contributed by atoms with E-state index in [0.29, 0.717) is 5.92 Å². The number of rotatable bonds is 3. The molecule has 3 rings (SSSR count). The summed E-state index contributed by atoms with van der Waals surface area (Å²) in [5, 5.41) is 0. The molecule has 2 N–H and O–H groups in total. The second-order valence-electron chi connectivity index (χ2n) is 4.46. The van der Waals surface area contributed by atoms with Crippen LogP contribution in [0.5, 0.6) is 0 Å². The summed E-state index contributed by atoms with van der Waals surface area (Å²) in [5.74, 6) is 1.50. The van der Waals surface area contributed by atoms with E-state index in [1.54, 1.807) is 6.26 Å². The third-order valence-electron chi connectivity index (χ3n) is 3.41. The van der Waals surface area contributed by atoms with E-state index in [0.717, 1.165) is 18.6 Å². The van der Waals surface area contributed by atoms with Crippen molar-refractivity contribution in [2.45, 2.75) is 24.8 Å². The van der Waals surface area contributed by atoms with Gasteiger partial charge in [-0.2, -0.15) is 0 Å².